The predicted octanol–water partition coefficient (Wildman–Crippen LogP) is 4.07. The number of morpholine rings is 1. The fraction of sp³-hybridized carbons (Fsp3) is 0.750. The minimum atomic E-state index is -1.33. The van der Waals surface area contributed by atoms with E-state index in [1.807, 2.05) is 13.0 Å². The smallest absolute Gasteiger partial charge is 0.317 e. The van der Waals surface area contributed by atoms with Crippen LogP contribution in [-0.2, 0) is 19.1 Å². The Morgan fingerprint density at radius 3 is 2.76 bits per heavy atom. The standard InChI is InChI=1S/C28H39NO5/c1-6-7-10-29-14-19(5)33-24(15-29)34-27-13-21-18(4)8-9-22(21)26(16-30)12-20(27)11-23(17(2)3)28(26,27)25(31)32/h7,11,16-22,24H,1,8-10,12-15H2,2-5H3,(H,31,32)/t18-,19-,20-,21-,22-,24+,26+,27+,28+/m1/s1. The summed E-state index contributed by atoms with van der Waals surface area (Å²) in [6.07, 6.45) is 7.73. The summed E-state index contributed by atoms with van der Waals surface area (Å²) in [5.74, 6) is -0.110. The molecule has 0 amide bonds. The quantitative estimate of drug-likeness (QED) is 0.344. The van der Waals surface area contributed by atoms with E-state index in [1.54, 1.807) is 0 Å². The van der Waals surface area contributed by atoms with Crippen molar-refractivity contribution in [2.45, 2.75) is 71.4 Å². The van der Waals surface area contributed by atoms with Crippen LogP contribution in [0.1, 0.15) is 53.4 Å². The summed E-state index contributed by atoms with van der Waals surface area (Å²) in [6.45, 7) is 14.1. The molecule has 34 heavy (non-hydrogen) atoms. The number of fused-ring (bicyclic) bond motifs is 2. The van der Waals surface area contributed by atoms with E-state index in [0.29, 0.717) is 37.8 Å². The molecule has 4 aliphatic carbocycles. The average molecular weight is 470 g/mol. The number of hydrogen-bond donors (Lipinski definition) is 1. The lowest BCUT2D eigenvalue weighted by molar-refractivity contribution is -0.292. The lowest BCUT2D eigenvalue weighted by Crippen LogP contribution is -2.67. The molecule has 6 nitrogen and oxygen atoms in total. The first-order chi connectivity index (χ1) is 16.2. The van der Waals surface area contributed by atoms with Crippen molar-refractivity contribution in [3.8, 4) is 0 Å². The van der Waals surface area contributed by atoms with E-state index >= 15 is 0 Å². The van der Waals surface area contributed by atoms with Gasteiger partial charge in [0.2, 0.25) is 0 Å². The first-order valence-electron chi connectivity index (χ1n) is 13.0. The van der Waals surface area contributed by atoms with Crippen LogP contribution in [0.25, 0.3) is 0 Å². The largest absolute Gasteiger partial charge is 0.480 e. The zero-order valence-electron chi connectivity index (χ0n) is 21.0. The molecule has 1 aliphatic heterocycles. The monoisotopic (exact) mass is 469 g/mol. The van der Waals surface area contributed by atoms with Gasteiger partial charge in [-0.3, -0.25) is 9.69 Å². The minimum absolute atomic E-state index is 0.0273. The molecular weight excluding hydrogens is 430 g/mol. The van der Waals surface area contributed by atoms with Crippen molar-refractivity contribution in [3.63, 3.8) is 0 Å². The summed E-state index contributed by atoms with van der Waals surface area (Å²) in [5, 5.41) is 11.1. The van der Waals surface area contributed by atoms with Crippen LogP contribution in [0.5, 0.6) is 0 Å². The maximum Gasteiger partial charge on any atom is 0.317 e. The molecule has 0 radical (unpaired) electrons. The summed E-state index contributed by atoms with van der Waals surface area (Å²) in [6, 6.07) is 0. The summed E-state index contributed by atoms with van der Waals surface area (Å²) in [5.41, 5.74) is 0.511. The second-order valence-electron chi connectivity index (χ2n) is 11.8. The number of carbonyl (C=O) groups excluding carboxylic acids is 1. The molecule has 0 aromatic rings. The third kappa shape index (κ3) is 2.86. The van der Waals surface area contributed by atoms with Gasteiger partial charge in [-0.15, -0.1) is 5.73 Å². The van der Waals surface area contributed by atoms with Gasteiger partial charge in [-0.1, -0.05) is 45.4 Å². The number of carboxylic acid groups (broad SMARTS) is 1. The highest BCUT2D eigenvalue weighted by molar-refractivity contribution is 5.91. The van der Waals surface area contributed by atoms with E-state index in [9.17, 15) is 14.7 Å². The summed E-state index contributed by atoms with van der Waals surface area (Å²) in [4.78, 5) is 28.9. The molecule has 3 saturated carbocycles. The number of aliphatic carboxylic acids is 1. The summed E-state index contributed by atoms with van der Waals surface area (Å²) in [7, 11) is 0. The molecule has 1 heterocycles. The van der Waals surface area contributed by atoms with Crippen molar-refractivity contribution < 1.29 is 24.2 Å². The zero-order chi connectivity index (χ0) is 24.5. The molecule has 6 heteroatoms. The number of carboxylic acids is 1. The van der Waals surface area contributed by atoms with Crippen LogP contribution in [0.4, 0.5) is 0 Å². The molecule has 1 saturated heterocycles. The summed E-state index contributed by atoms with van der Waals surface area (Å²) >= 11 is 0. The van der Waals surface area contributed by atoms with E-state index in [1.165, 1.54) is 0 Å². The molecule has 0 spiro atoms. The molecule has 0 aromatic heterocycles. The number of carbonyl (C=O) groups is 2. The lowest BCUT2D eigenvalue weighted by Gasteiger charge is -2.58. The Morgan fingerprint density at radius 2 is 2.12 bits per heavy atom. The Labute approximate surface area is 203 Å². The van der Waals surface area contributed by atoms with Gasteiger partial charge in [-0.05, 0) is 55.9 Å². The van der Waals surface area contributed by atoms with Crippen molar-refractivity contribution in [3.05, 3.63) is 30.0 Å². The van der Waals surface area contributed by atoms with Crippen LogP contribution >= 0.6 is 0 Å². The predicted molar refractivity (Wildman–Crippen MR) is 128 cm³/mol. The normalized spacial score (nSPS) is 47.3. The molecule has 9 atom stereocenters. The van der Waals surface area contributed by atoms with Crippen LogP contribution in [-0.4, -0.2) is 59.9 Å². The van der Waals surface area contributed by atoms with Crippen LogP contribution in [0.2, 0.25) is 0 Å². The van der Waals surface area contributed by atoms with Gasteiger partial charge in [-0.25, -0.2) is 0 Å². The van der Waals surface area contributed by atoms with Gasteiger partial charge in [0, 0.05) is 25.6 Å². The van der Waals surface area contributed by atoms with Crippen LogP contribution < -0.4 is 0 Å². The van der Waals surface area contributed by atoms with Crippen LogP contribution in [0.3, 0.4) is 0 Å². The van der Waals surface area contributed by atoms with Crippen molar-refractivity contribution in [1.29, 1.82) is 0 Å². The number of ether oxygens (including phenoxy) is 2. The van der Waals surface area contributed by atoms with Crippen molar-refractivity contribution in [1.82, 2.24) is 4.90 Å². The Bertz CT molecular complexity index is 952. The van der Waals surface area contributed by atoms with E-state index in [-0.39, 0.29) is 23.9 Å². The van der Waals surface area contributed by atoms with E-state index in [0.717, 1.165) is 31.2 Å². The summed E-state index contributed by atoms with van der Waals surface area (Å²) < 4.78 is 13.3. The molecule has 0 aromatic carbocycles. The first kappa shape index (κ1) is 24.0. The average Bonchev–Trinajstić information content (AvgIpc) is 3.34. The van der Waals surface area contributed by atoms with Gasteiger partial charge in [0.25, 0.3) is 0 Å². The Morgan fingerprint density at radius 1 is 1.35 bits per heavy atom. The highest BCUT2D eigenvalue weighted by atomic mass is 16.7. The molecule has 5 aliphatic rings. The molecule has 0 unspecified atom stereocenters. The topological polar surface area (TPSA) is 76.1 Å². The number of hydrogen-bond acceptors (Lipinski definition) is 5. The van der Waals surface area contributed by atoms with Gasteiger partial charge in [0.05, 0.1) is 17.1 Å². The fourth-order valence-corrected chi connectivity index (χ4v) is 8.95. The Kier molecular flexibility index (Phi) is 5.76. The van der Waals surface area contributed by atoms with Gasteiger partial charge in [-0.2, -0.15) is 0 Å². The van der Waals surface area contributed by atoms with Gasteiger partial charge < -0.3 is 19.4 Å². The van der Waals surface area contributed by atoms with Crippen LogP contribution in [0, 0.1) is 40.4 Å². The molecule has 4 fully saturated rings. The molecule has 1 N–H and O–H groups in total. The molecule has 4 bridgehead atoms. The second kappa shape index (κ2) is 8.16. The maximum absolute atomic E-state index is 13.5. The Hall–Kier alpha value is -1.72. The van der Waals surface area contributed by atoms with Crippen molar-refractivity contribution in [2.24, 2.45) is 40.4 Å². The molecular formula is C28H39NO5. The molecule has 186 valence electrons. The number of rotatable bonds is 7. The van der Waals surface area contributed by atoms with Gasteiger partial charge >= 0.3 is 5.97 Å². The Balaban J connectivity index is 1.62. The second-order valence-corrected chi connectivity index (χ2v) is 11.8. The van der Waals surface area contributed by atoms with E-state index in [2.05, 4.69) is 44.1 Å². The highest BCUT2D eigenvalue weighted by Crippen LogP contribution is 2.80. The SMILES string of the molecule is C=C=CCN1C[C@H](O[C@@]23C[C@@H]4[C@H](C)CC[C@H]4[C@@]4(C=O)C[C@H]2C=C(C(C)C)[C@@]34C(=O)O)O[C@H](C)C1. The van der Waals surface area contributed by atoms with Crippen molar-refractivity contribution >= 4 is 12.3 Å². The van der Waals surface area contributed by atoms with E-state index < -0.39 is 28.7 Å². The fourth-order valence-electron chi connectivity index (χ4n) is 8.95. The third-order valence-corrected chi connectivity index (χ3v) is 9.98. The lowest BCUT2D eigenvalue weighted by atomic mass is 9.45. The zero-order valence-corrected chi connectivity index (χ0v) is 21.0. The van der Waals surface area contributed by atoms with Crippen molar-refractivity contribution in [2.75, 3.05) is 19.6 Å². The first-order valence-corrected chi connectivity index (χ1v) is 13.0. The third-order valence-electron chi connectivity index (χ3n) is 9.98. The van der Waals surface area contributed by atoms with E-state index in [4.69, 9.17) is 9.47 Å². The van der Waals surface area contributed by atoms with Gasteiger partial charge in [0.15, 0.2) is 6.29 Å². The number of aldehydes is 1. The van der Waals surface area contributed by atoms with Gasteiger partial charge in [0.1, 0.15) is 11.7 Å². The number of nitrogens with zero attached hydrogens (tertiary/aromatic N) is 1. The maximum atomic E-state index is 13.5. The molecule has 5 rings (SSSR count). The highest BCUT2D eigenvalue weighted by Gasteiger charge is 2.85. The minimum Gasteiger partial charge on any atom is -0.480 e. The van der Waals surface area contributed by atoms with Crippen LogP contribution in [0.15, 0.2) is 30.0 Å².